The molecule has 4 rings (SSSR count). The van der Waals surface area contributed by atoms with Gasteiger partial charge in [-0.25, -0.2) is 4.79 Å². The van der Waals surface area contributed by atoms with E-state index in [4.69, 9.17) is 23.2 Å². The maximum atomic E-state index is 13.0. The van der Waals surface area contributed by atoms with Crippen molar-refractivity contribution in [2.45, 2.75) is 13.0 Å². The first-order valence-corrected chi connectivity index (χ1v) is 12.7. The zero-order valence-electron chi connectivity index (χ0n) is 21.7. The number of nitrogens with one attached hydrogen (secondary N) is 3. The molecule has 0 saturated carbocycles. The van der Waals surface area contributed by atoms with Crippen molar-refractivity contribution in [2.75, 3.05) is 19.0 Å². The lowest BCUT2D eigenvalue weighted by Crippen LogP contribution is -2.36. The molecular formula is C26H23Cl2N9O4. The van der Waals surface area contributed by atoms with Crippen LogP contribution in [0.2, 0.25) is 10.2 Å². The third kappa shape index (κ3) is 7.84. The summed E-state index contributed by atoms with van der Waals surface area (Å²) in [7, 11) is 1.27. The summed E-state index contributed by atoms with van der Waals surface area (Å²) in [5, 5.41) is 28.0. The average Bonchev–Trinajstić information content (AvgIpc) is 3.50. The van der Waals surface area contributed by atoms with Crippen LogP contribution < -0.4 is 16.0 Å². The van der Waals surface area contributed by atoms with Crippen LogP contribution in [0, 0.1) is 0 Å². The molecule has 0 aliphatic carbocycles. The van der Waals surface area contributed by atoms with Crippen LogP contribution in [0.25, 0.3) is 23.0 Å². The number of carbonyl (C=O) groups is 3. The Morgan fingerprint density at radius 3 is 2.54 bits per heavy atom. The first-order chi connectivity index (χ1) is 19.7. The van der Waals surface area contributed by atoms with Crippen LogP contribution in [0.3, 0.4) is 0 Å². The molecule has 3 N–H and O–H groups in total. The van der Waals surface area contributed by atoms with Crippen LogP contribution >= 0.6 is 23.2 Å². The average molecular weight is 596 g/mol. The molecule has 210 valence electrons. The second-order valence-corrected chi connectivity index (χ2v) is 9.25. The Morgan fingerprint density at radius 2 is 1.85 bits per heavy atom. The highest BCUT2D eigenvalue weighted by Gasteiger charge is 2.20. The van der Waals surface area contributed by atoms with Gasteiger partial charge < -0.3 is 15.4 Å². The van der Waals surface area contributed by atoms with E-state index in [0.717, 1.165) is 0 Å². The lowest BCUT2D eigenvalue weighted by molar-refractivity contribution is -0.120. The molecular weight excluding hydrogens is 573 g/mol. The largest absolute Gasteiger partial charge is 0.453 e. The van der Waals surface area contributed by atoms with E-state index in [-0.39, 0.29) is 17.6 Å². The van der Waals surface area contributed by atoms with E-state index in [1.807, 2.05) is 0 Å². The molecule has 0 radical (unpaired) electrons. The summed E-state index contributed by atoms with van der Waals surface area (Å²) >= 11 is 12.6. The predicted octanol–water partition coefficient (Wildman–Crippen LogP) is 3.61. The van der Waals surface area contributed by atoms with Crippen LogP contribution in [-0.4, -0.2) is 62.0 Å². The first kappa shape index (κ1) is 29.1. The van der Waals surface area contributed by atoms with Crippen molar-refractivity contribution in [3.63, 3.8) is 0 Å². The molecule has 2 heterocycles. The number of hydrogen-bond donors (Lipinski definition) is 3. The number of aromatic nitrogens is 6. The van der Waals surface area contributed by atoms with Gasteiger partial charge in [0, 0.05) is 46.9 Å². The molecule has 13 nitrogen and oxygen atoms in total. The normalized spacial score (nSPS) is 11.6. The number of ether oxygens (including phenoxy) is 1. The van der Waals surface area contributed by atoms with Gasteiger partial charge in [0.2, 0.25) is 11.8 Å². The molecule has 1 unspecified atom stereocenters. The molecule has 4 aromatic rings. The van der Waals surface area contributed by atoms with Gasteiger partial charge in [-0.05, 0) is 52.9 Å². The quantitative estimate of drug-likeness (QED) is 0.245. The third-order valence-electron chi connectivity index (χ3n) is 5.64. The number of tetrazole rings is 1. The summed E-state index contributed by atoms with van der Waals surface area (Å²) in [4.78, 5) is 36.2. The molecule has 0 spiro atoms. The minimum Gasteiger partial charge on any atom is -0.453 e. The fourth-order valence-corrected chi connectivity index (χ4v) is 4.08. The summed E-state index contributed by atoms with van der Waals surface area (Å²) in [5.41, 5.74) is 3.28. The van der Waals surface area contributed by atoms with Gasteiger partial charge in [0.05, 0.1) is 24.5 Å². The molecule has 0 saturated heterocycles. The van der Waals surface area contributed by atoms with Crippen molar-refractivity contribution < 1.29 is 19.1 Å². The van der Waals surface area contributed by atoms with E-state index in [1.165, 1.54) is 31.1 Å². The van der Waals surface area contributed by atoms with Crippen LogP contribution in [0.1, 0.15) is 24.1 Å². The van der Waals surface area contributed by atoms with Crippen LogP contribution in [0.5, 0.6) is 0 Å². The highest BCUT2D eigenvalue weighted by atomic mass is 35.5. The standard InChI is InChI=1S/C26H23Cl2N9O4/c1-15(38)29-13-22(32-24(39)10-5-17-11-18(27)6-9-23(17)37-14-30-35-36-37)20-12-21(33-34-25(20)28)16-3-7-19(8-4-16)31-26(40)41-2/h3-12,14,22H,13H2,1-2H3,(H,29,38)(H,31,40)(H,32,39)/b10-5+. The van der Waals surface area contributed by atoms with E-state index in [9.17, 15) is 14.4 Å². The fourth-order valence-electron chi connectivity index (χ4n) is 3.68. The molecule has 0 aliphatic heterocycles. The number of nitrogens with zero attached hydrogens (tertiary/aromatic N) is 6. The van der Waals surface area contributed by atoms with E-state index in [2.05, 4.69) is 46.4 Å². The minimum absolute atomic E-state index is 0.0365. The van der Waals surface area contributed by atoms with Gasteiger partial charge in [-0.3, -0.25) is 14.9 Å². The summed E-state index contributed by atoms with van der Waals surface area (Å²) in [6.07, 6.45) is 3.70. The van der Waals surface area contributed by atoms with Crippen molar-refractivity contribution in [2.24, 2.45) is 0 Å². The van der Waals surface area contributed by atoms with Gasteiger partial charge in [-0.2, -0.15) is 4.68 Å². The summed E-state index contributed by atoms with van der Waals surface area (Å²) in [6, 6.07) is 12.8. The van der Waals surface area contributed by atoms with Gasteiger partial charge in [0.25, 0.3) is 0 Å². The Balaban J connectivity index is 1.58. The maximum Gasteiger partial charge on any atom is 0.411 e. The smallest absolute Gasteiger partial charge is 0.411 e. The molecule has 0 aliphatic rings. The summed E-state index contributed by atoms with van der Waals surface area (Å²) in [6.45, 7) is 1.40. The van der Waals surface area contributed by atoms with Gasteiger partial charge >= 0.3 is 6.09 Å². The van der Waals surface area contributed by atoms with Crippen molar-refractivity contribution in [1.29, 1.82) is 0 Å². The molecule has 1 atom stereocenters. The number of benzene rings is 2. The third-order valence-corrected chi connectivity index (χ3v) is 6.16. The van der Waals surface area contributed by atoms with Crippen LogP contribution in [0.4, 0.5) is 10.5 Å². The minimum atomic E-state index is -0.753. The Morgan fingerprint density at radius 1 is 1.07 bits per heavy atom. The zero-order valence-corrected chi connectivity index (χ0v) is 23.2. The fraction of sp³-hybridized carbons (Fsp3) is 0.154. The molecule has 2 aromatic carbocycles. The summed E-state index contributed by atoms with van der Waals surface area (Å²) < 4.78 is 6.03. The Kier molecular flexibility index (Phi) is 9.55. The number of anilines is 1. The van der Waals surface area contributed by atoms with Crippen LogP contribution in [-0.2, 0) is 14.3 Å². The highest BCUT2D eigenvalue weighted by molar-refractivity contribution is 6.31. The van der Waals surface area contributed by atoms with E-state index >= 15 is 0 Å². The van der Waals surface area contributed by atoms with E-state index in [1.54, 1.807) is 54.6 Å². The SMILES string of the molecule is COC(=O)Nc1ccc(-c2cc(C(CNC(C)=O)NC(=O)/C=C/c3cc(Cl)ccc3-n3cnnn3)c(Cl)nn2)cc1. The van der Waals surface area contributed by atoms with Gasteiger partial charge in [-0.1, -0.05) is 35.3 Å². The topological polar surface area (TPSA) is 166 Å². The highest BCUT2D eigenvalue weighted by Crippen LogP contribution is 2.27. The van der Waals surface area contributed by atoms with E-state index < -0.39 is 18.0 Å². The molecule has 0 fully saturated rings. The molecule has 41 heavy (non-hydrogen) atoms. The van der Waals surface area contributed by atoms with Crippen LogP contribution in [0.15, 0.2) is 60.9 Å². The number of amides is 3. The second kappa shape index (κ2) is 13.5. The lowest BCUT2D eigenvalue weighted by atomic mass is 10.0. The monoisotopic (exact) mass is 595 g/mol. The predicted molar refractivity (Wildman–Crippen MR) is 151 cm³/mol. The molecule has 0 bridgehead atoms. The van der Waals surface area contributed by atoms with Crippen molar-refractivity contribution >= 4 is 52.9 Å². The number of carbonyl (C=O) groups excluding carboxylic acids is 3. The van der Waals surface area contributed by atoms with Crippen molar-refractivity contribution in [3.05, 3.63) is 82.2 Å². The number of methoxy groups -OCH3 is 1. The first-order valence-electron chi connectivity index (χ1n) is 12.0. The number of hydrogen-bond acceptors (Lipinski definition) is 9. The van der Waals surface area contributed by atoms with Crippen molar-refractivity contribution in [1.82, 2.24) is 41.0 Å². The summed E-state index contributed by atoms with van der Waals surface area (Å²) in [5.74, 6) is -0.771. The molecule has 2 aromatic heterocycles. The van der Waals surface area contributed by atoms with Gasteiger partial charge in [0.15, 0.2) is 5.15 Å². The van der Waals surface area contributed by atoms with Gasteiger partial charge in [0.1, 0.15) is 6.33 Å². The number of halogens is 2. The maximum absolute atomic E-state index is 13.0. The zero-order chi connectivity index (χ0) is 29.4. The molecule has 3 amide bonds. The Labute approximate surface area is 243 Å². The Hall–Kier alpha value is -4.88. The van der Waals surface area contributed by atoms with Crippen molar-refractivity contribution in [3.8, 4) is 16.9 Å². The molecule has 15 heteroatoms. The Bertz CT molecular complexity index is 1580. The van der Waals surface area contributed by atoms with Gasteiger partial charge in [-0.15, -0.1) is 15.3 Å². The van der Waals surface area contributed by atoms with E-state index in [0.29, 0.717) is 38.8 Å². The second-order valence-electron chi connectivity index (χ2n) is 8.46. The number of rotatable bonds is 9. The lowest BCUT2D eigenvalue weighted by Gasteiger charge is -2.20.